The van der Waals surface area contributed by atoms with E-state index in [1.54, 1.807) is 7.11 Å². The first-order valence-electron chi connectivity index (χ1n) is 8.84. The highest BCUT2D eigenvalue weighted by Gasteiger charge is 2.20. The summed E-state index contributed by atoms with van der Waals surface area (Å²) in [6.07, 6.45) is 0.957. The first-order valence-corrected chi connectivity index (χ1v) is 8.84. The summed E-state index contributed by atoms with van der Waals surface area (Å²) in [5.41, 5.74) is 2.58. The van der Waals surface area contributed by atoms with Crippen molar-refractivity contribution in [2.75, 3.05) is 33.3 Å². The van der Waals surface area contributed by atoms with Crippen LogP contribution in [0.2, 0.25) is 0 Å². The number of nitrogens with zero attached hydrogens (tertiary/aromatic N) is 3. The second-order valence-electron chi connectivity index (χ2n) is 6.46. The van der Waals surface area contributed by atoms with Crippen LogP contribution in [0.25, 0.3) is 0 Å². The maximum atomic E-state index is 12.7. The Kier molecular flexibility index (Phi) is 5.88. The molecule has 1 fully saturated rings. The van der Waals surface area contributed by atoms with Crippen LogP contribution in [0.15, 0.2) is 48.5 Å². The average Bonchev–Trinajstić information content (AvgIpc) is 2.94. The summed E-state index contributed by atoms with van der Waals surface area (Å²) in [7, 11) is 1.62. The minimum Gasteiger partial charge on any atom is -0.497 e. The van der Waals surface area contributed by atoms with E-state index < -0.39 is 0 Å². The first-order chi connectivity index (χ1) is 12.7. The van der Waals surface area contributed by atoms with E-state index in [2.05, 4.69) is 11.0 Å². The standard InChI is InChI=1S/C21H23N3O2/c1-26-20-9-7-19(8-10-20)21(25)24-12-2-11-23(13-14-24)16-18-5-3-17(15-22)4-6-18/h3-10H,2,11-14,16H2,1H3. The van der Waals surface area contributed by atoms with Crippen molar-refractivity contribution in [1.29, 1.82) is 5.26 Å². The molecular weight excluding hydrogens is 326 g/mol. The minimum atomic E-state index is 0.0767. The molecule has 2 aromatic carbocycles. The number of rotatable bonds is 4. The SMILES string of the molecule is COc1ccc(C(=O)N2CCCN(Cc3ccc(C#N)cc3)CC2)cc1. The van der Waals surface area contributed by atoms with E-state index in [-0.39, 0.29) is 5.91 Å². The summed E-state index contributed by atoms with van der Waals surface area (Å²) in [6, 6.07) is 17.1. The Morgan fingerprint density at radius 2 is 1.77 bits per heavy atom. The lowest BCUT2D eigenvalue weighted by molar-refractivity contribution is 0.0761. The molecule has 0 saturated carbocycles. The zero-order chi connectivity index (χ0) is 18.4. The zero-order valence-electron chi connectivity index (χ0n) is 15.0. The summed E-state index contributed by atoms with van der Waals surface area (Å²) in [4.78, 5) is 17.0. The number of nitriles is 1. The molecule has 5 nitrogen and oxygen atoms in total. The third-order valence-electron chi connectivity index (χ3n) is 4.70. The van der Waals surface area contributed by atoms with Crippen LogP contribution >= 0.6 is 0 Å². The van der Waals surface area contributed by atoms with Crippen molar-refractivity contribution in [1.82, 2.24) is 9.80 Å². The monoisotopic (exact) mass is 349 g/mol. The molecule has 26 heavy (non-hydrogen) atoms. The normalized spacial score (nSPS) is 15.2. The summed E-state index contributed by atoms with van der Waals surface area (Å²) in [6.45, 7) is 4.15. The number of methoxy groups -OCH3 is 1. The Labute approximate surface area is 154 Å². The molecule has 0 unspecified atom stereocenters. The number of ether oxygens (including phenoxy) is 1. The molecule has 0 aliphatic carbocycles. The van der Waals surface area contributed by atoms with E-state index >= 15 is 0 Å². The molecule has 1 aliphatic heterocycles. The van der Waals surface area contributed by atoms with Crippen molar-refractivity contribution in [2.45, 2.75) is 13.0 Å². The molecular formula is C21H23N3O2. The summed E-state index contributed by atoms with van der Waals surface area (Å²) in [5, 5.41) is 8.89. The number of hydrogen-bond acceptors (Lipinski definition) is 4. The van der Waals surface area contributed by atoms with E-state index in [1.165, 1.54) is 5.56 Å². The Hall–Kier alpha value is -2.84. The van der Waals surface area contributed by atoms with Crippen LogP contribution < -0.4 is 4.74 Å². The van der Waals surface area contributed by atoms with Crippen LogP contribution in [0.3, 0.4) is 0 Å². The van der Waals surface area contributed by atoms with Gasteiger partial charge in [0, 0.05) is 38.3 Å². The molecule has 1 heterocycles. The average molecular weight is 349 g/mol. The molecule has 134 valence electrons. The number of hydrogen-bond donors (Lipinski definition) is 0. The molecule has 0 aromatic heterocycles. The third kappa shape index (κ3) is 4.41. The van der Waals surface area contributed by atoms with Crippen molar-refractivity contribution in [3.63, 3.8) is 0 Å². The first kappa shape index (κ1) is 18.0. The number of carbonyl (C=O) groups excluding carboxylic acids is 1. The smallest absolute Gasteiger partial charge is 0.253 e. The second-order valence-corrected chi connectivity index (χ2v) is 6.46. The van der Waals surface area contributed by atoms with Crippen molar-refractivity contribution >= 4 is 5.91 Å². The molecule has 1 saturated heterocycles. The second kappa shape index (κ2) is 8.50. The van der Waals surface area contributed by atoms with Gasteiger partial charge >= 0.3 is 0 Å². The largest absolute Gasteiger partial charge is 0.497 e. The molecule has 2 aromatic rings. The van der Waals surface area contributed by atoms with Crippen molar-refractivity contribution in [2.24, 2.45) is 0 Å². The van der Waals surface area contributed by atoms with Crippen LogP contribution in [-0.4, -0.2) is 49.0 Å². The predicted molar refractivity (Wildman–Crippen MR) is 99.9 cm³/mol. The number of amides is 1. The van der Waals surface area contributed by atoms with Crippen LogP contribution in [0, 0.1) is 11.3 Å². The highest BCUT2D eigenvalue weighted by Crippen LogP contribution is 2.15. The Morgan fingerprint density at radius 1 is 1.04 bits per heavy atom. The van der Waals surface area contributed by atoms with E-state index in [9.17, 15) is 4.79 Å². The Bertz CT molecular complexity index is 778. The lowest BCUT2D eigenvalue weighted by Gasteiger charge is -2.22. The van der Waals surface area contributed by atoms with Gasteiger partial charge in [-0.15, -0.1) is 0 Å². The van der Waals surface area contributed by atoms with Gasteiger partial charge in [-0.05, 0) is 48.4 Å². The van der Waals surface area contributed by atoms with Gasteiger partial charge < -0.3 is 9.64 Å². The number of carbonyl (C=O) groups is 1. The molecule has 3 rings (SSSR count). The summed E-state index contributed by atoms with van der Waals surface area (Å²) in [5.74, 6) is 0.832. The Morgan fingerprint density at radius 3 is 2.42 bits per heavy atom. The fraction of sp³-hybridized carbons (Fsp3) is 0.333. The van der Waals surface area contributed by atoms with Gasteiger partial charge in [0.2, 0.25) is 0 Å². The molecule has 0 N–H and O–H groups in total. The van der Waals surface area contributed by atoms with Crippen LogP contribution in [-0.2, 0) is 6.54 Å². The summed E-state index contributed by atoms with van der Waals surface area (Å²) >= 11 is 0. The van der Waals surface area contributed by atoms with Gasteiger partial charge in [-0.3, -0.25) is 9.69 Å². The van der Waals surface area contributed by atoms with E-state index in [0.717, 1.165) is 44.9 Å². The van der Waals surface area contributed by atoms with E-state index in [0.29, 0.717) is 11.1 Å². The topological polar surface area (TPSA) is 56.6 Å². The van der Waals surface area contributed by atoms with E-state index in [1.807, 2.05) is 53.4 Å². The van der Waals surface area contributed by atoms with Crippen LogP contribution in [0.1, 0.15) is 27.9 Å². The van der Waals surface area contributed by atoms with Crippen molar-refractivity contribution in [3.8, 4) is 11.8 Å². The quantitative estimate of drug-likeness (QED) is 0.852. The molecule has 0 atom stereocenters. The van der Waals surface area contributed by atoms with Gasteiger partial charge in [0.1, 0.15) is 5.75 Å². The molecule has 0 radical (unpaired) electrons. The maximum Gasteiger partial charge on any atom is 0.253 e. The third-order valence-corrected chi connectivity index (χ3v) is 4.70. The predicted octanol–water partition coefficient (Wildman–Crippen LogP) is 2.91. The Balaban J connectivity index is 1.58. The van der Waals surface area contributed by atoms with Gasteiger partial charge in [0.15, 0.2) is 0 Å². The molecule has 0 spiro atoms. The maximum absolute atomic E-state index is 12.7. The molecule has 0 bridgehead atoms. The lowest BCUT2D eigenvalue weighted by Crippen LogP contribution is -2.35. The van der Waals surface area contributed by atoms with Crippen LogP contribution in [0.5, 0.6) is 5.75 Å². The highest BCUT2D eigenvalue weighted by atomic mass is 16.5. The fourth-order valence-corrected chi connectivity index (χ4v) is 3.19. The van der Waals surface area contributed by atoms with Gasteiger partial charge in [0.25, 0.3) is 5.91 Å². The summed E-state index contributed by atoms with van der Waals surface area (Å²) < 4.78 is 5.15. The zero-order valence-corrected chi connectivity index (χ0v) is 15.0. The van der Waals surface area contributed by atoms with Gasteiger partial charge in [-0.1, -0.05) is 12.1 Å². The number of benzene rings is 2. The minimum absolute atomic E-state index is 0.0767. The highest BCUT2D eigenvalue weighted by molar-refractivity contribution is 5.94. The fourth-order valence-electron chi connectivity index (χ4n) is 3.19. The molecule has 5 heteroatoms. The van der Waals surface area contributed by atoms with Gasteiger partial charge in [-0.25, -0.2) is 0 Å². The van der Waals surface area contributed by atoms with Crippen LogP contribution in [0.4, 0.5) is 0 Å². The van der Waals surface area contributed by atoms with Gasteiger partial charge in [0.05, 0.1) is 18.7 Å². The van der Waals surface area contributed by atoms with Crippen molar-refractivity contribution < 1.29 is 9.53 Å². The van der Waals surface area contributed by atoms with E-state index in [4.69, 9.17) is 10.00 Å². The van der Waals surface area contributed by atoms with Gasteiger partial charge in [-0.2, -0.15) is 5.26 Å². The lowest BCUT2D eigenvalue weighted by atomic mass is 10.1. The van der Waals surface area contributed by atoms with Crippen molar-refractivity contribution in [3.05, 3.63) is 65.2 Å². The molecule has 1 aliphatic rings. The molecule has 1 amide bonds.